The highest BCUT2D eigenvalue weighted by atomic mass is 35.5. The minimum absolute atomic E-state index is 0.229. The summed E-state index contributed by atoms with van der Waals surface area (Å²) in [6, 6.07) is 17.6. The molecule has 3 rings (SSSR count). The Labute approximate surface area is 181 Å². The van der Waals surface area contributed by atoms with Gasteiger partial charge < -0.3 is 4.74 Å². The number of nitriles is 1. The second-order valence-corrected chi connectivity index (χ2v) is 9.31. The second kappa shape index (κ2) is 9.29. The van der Waals surface area contributed by atoms with E-state index in [1.54, 1.807) is 42.5 Å². The maximum absolute atomic E-state index is 11.8. The molecular formula is C23H21ClN2O3S. The van der Waals surface area contributed by atoms with E-state index in [2.05, 4.69) is 18.0 Å². The van der Waals surface area contributed by atoms with Crippen molar-refractivity contribution in [3.63, 3.8) is 0 Å². The van der Waals surface area contributed by atoms with E-state index in [4.69, 9.17) is 16.3 Å². The first-order valence-corrected chi connectivity index (χ1v) is 11.7. The highest BCUT2D eigenvalue weighted by Gasteiger charge is 2.17. The van der Waals surface area contributed by atoms with Crippen molar-refractivity contribution < 1.29 is 13.2 Å². The van der Waals surface area contributed by atoms with Gasteiger partial charge in [0.05, 0.1) is 17.2 Å². The van der Waals surface area contributed by atoms with Crippen LogP contribution >= 0.6 is 11.6 Å². The van der Waals surface area contributed by atoms with Gasteiger partial charge in [0.25, 0.3) is 0 Å². The quantitative estimate of drug-likeness (QED) is 0.451. The van der Waals surface area contributed by atoms with Crippen molar-refractivity contribution in [1.29, 1.82) is 5.26 Å². The Hall–Kier alpha value is -2.88. The lowest BCUT2D eigenvalue weighted by Crippen LogP contribution is -2.03. The van der Waals surface area contributed by atoms with E-state index in [0.717, 1.165) is 24.0 Å². The standard InChI is InChI=1S/C23H21ClN2O3S/c1-3-4-13-29-23-18(15-25)14-21(16-7-11-20(12-8-16)30(2,27)28)22(26-23)17-5-9-19(24)10-6-17/h5-12,14H,3-4,13H2,1-2H3. The van der Waals surface area contributed by atoms with Crippen molar-refractivity contribution in [3.05, 3.63) is 65.2 Å². The van der Waals surface area contributed by atoms with E-state index < -0.39 is 9.84 Å². The number of halogens is 1. The fraction of sp³-hybridized carbons (Fsp3) is 0.217. The Kier molecular flexibility index (Phi) is 6.76. The van der Waals surface area contributed by atoms with Crippen molar-refractivity contribution in [3.8, 4) is 34.3 Å². The van der Waals surface area contributed by atoms with Crippen molar-refractivity contribution in [2.24, 2.45) is 0 Å². The summed E-state index contributed by atoms with van der Waals surface area (Å²) in [5.74, 6) is 0.285. The van der Waals surface area contributed by atoms with Gasteiger partial charge in [-0.2, -0.15) is 5.26 Å². The van der Waals surface area contributed by atoms with Crippen LogP contribution in [0.1, 0.15) is 25.3 Å². The number of aromatic nitrogens is 1. The predicted molar refractivity (Wildman–Crippen MR) is 118 cm³/mol. The van der Waals surface area contributed by atoms with Crippen LogP contribution in [0.15, 0.2) is 59.5 Å². The molecule has 0 unspecified atom stereocenters. The van der Waals surface area contributed by atoms with Gasteiger partial charge in [-0.05, 0) is 42.3 Å². The lowest BCUT2D eigenvalue weighted by atomic mass is 9.98. The van der Waals surface area contributed by atoms with Crippen molar-refractivity contribution in [2.75, 3.05) is 12.9 Å². The molecule has 0 saturated heterocycles. The lowest BCUT2D eigenvalue weighted by Gasteiger charge is -2.14. The number of benzene rings is 2. The highest BCUT2D eigenvalue weighted by Crippen LogP contribution is 2.35. The van der Waals surface area contributed by atoms with Crippen LogP contribution in [0.5, 0.6) is 5.88 Å². The van der Waals surface area contributed by atoms with Crippen molar-refractivity contribution in [1.82, 2.24) is 4.98 Å². The van der Waals surface area contributed by atoms with Gasteiger partial charge in [-0.3, -0.25) is 0 Å². The monoisotopic (exact) mass is 440 g/mol. The Bertz CT molecular complexity index is 1180. The van der Waals surface area contributed by atoms with Crippen LogP contribution in [0.3, 0.4) is 0 Å². The molecule has 1 heterocycles. The smallest absolute Gasteiger partial charge is 0.232 e. The topological polar surface area (TPSA) is 80.0 Å². The van der Waals surface area contributed by atoms with Crippen LogP contribution in [0.25, 0.3) is 22.4 Å². The Morgan fingerprint density at radius 1 is 1.07 bits per heavy atom. The predicted octanol–water partition coefficient (Wildman–Crippen LogP) is 5.52. The SMILES string of the molecule is CCCCOc1nc(-c2ccc(Cl)cc2)c(-c2ccc(S(C)(=O)=O)cc2)cc1C#N. The Morgan fingerprint density at radius 3 is 2.27 bits per heavy atom. The summed E-state index contributed by atoms with van der Waals surface area (Å²) in [5, 5.41) is 10.2. The van der Waals surface area contributed by atoms with E-state index in [9.17, 15) is 13.7 Å². The number of rotatable bonds is 7. The number of pyridine rings is 1. The fourth-order valence-corrected chi connectivity index (χ4v) is 3.69. The molecule has 7 heteroatoms. The van der Waals surface area contributed by atoms with Crippen molar-refractivity contribution >= 4 is 21.4 Å². The van der Waals surface area contributed by atoms with Gasteiger partial charge in [0, 0.05) is 22.4 Å². The first-order chi connectivity index (χ1) is 14.3. The molecular weight excluding hydrogens is 420 g/mol. The second-order valence-electron chi connectivity index (χ2n) is 6.85. The molecule has 0 aliphatic rings. The summed E-state index contributed by atoms with van der Waals surface area (Å²) in [6.45, 7) is 2.53. The Morgan fingerprint density at radius 2 is 1.70 bits per heavy atom. The summed E-state index contributed by atoms with van der Waals surface area (Å²) >= 11 is 6.03. The number of nitrogens with zero attached hydrogens (tertiary/aromatic N) is 2. The normalized spacial score (nSPS) is 11.1. The molecule has 30 heavy (non-hydrogen) atoms. The van der Waals surface area contributed by atoms with Gasteiger partial charge in [-0.1, -0.05) is 49.2 Å². The molecule has 1 aromatic heterocycles. The number of ether oxygens (including phenoxy) is 1. The van der Waals surface area contributed by atoms with Gasteiger partial charge in [0.1, 0.15) is 11.6 Å². The summed E-state index contributed by atoms with van der Waals surface area (Å²) in [7, 11) is -3.30. The molecule has 0 N–H and O–H groups in total. The summed E-state index contributed by atoms with van der Waals surface area (Å²) in [5.41, 5.74) is 3.22. The zero-order valence-electron chi connectivity index (χ0n) is 16.7. The van der Waals surface area contributed by atoms with Crippen LogP contribution in [0.4, 0.5) is 0 Å². The third-order valence-corrected chi connectivity index (χ3v) is 5.94. The molecule has 0 fully saturated rings. The summed E-state index contributed by atoms with van der Waals surface area (Å²) in [6.07, 6.45) is 2.99. The van der Waals surface area contributed by atoms with Gasteiger partial charge in [0.15, 0.2) is 9.84 Å². The number of hydrogen-bond donors (Lipinski definition) is 0. The molecule has 0 aliphatic heterocycles. The van der Waals surface area contributed by atoms with Crippen LogP contribution in [0, 0.1) is 11.3 Å². The minimum atomic E-state index is -3.30. The van der Waals surface area contributed by atoms with E-state index in [0.29, 0.717) is 28.5 Å². The van der Waals surface area contributed by atoms with E-state index in [-0.39, 0.29) is 10.8 Å². The van der Waals surface area contributed by atoms with Gasteiger partial charge >= 0.3 is 0 Å². The van der Waals surface area contributed by atoms with Crippen molar-refractivity contribution in [2.45, 2.75) is 24.7 Å². The Balaban J connectivity index is 2.17. The van der Waals surface area contributed by atoms with E-state index in [1.807, 2.05) is 12.1 Å². The fourth-order valence-electron chi connectivity index (χ4n) is 2.93. The minimum Gasteiger partial charge on any atom is -0.477 e. The first-order valence-electron chi connectivity index (χ1n) is 9.48. The molecule has 0 spiro atoms. The average molecular weight is 441 g/mol. The van der Waals surface area contributed by atoms with E-state index in [1.165, 1.54) is 6.26 Å². The van der Waals surface area contributed by atoms with Gasteiger partial charge in [0.2, 0.25) is 5.88 Å². The molecule has 3 aromatic rings. The molecule has 2 aromatic carbocycles. The molecule has 0 aliphatic carbocycles. The van der Waals surface area contributed by atoms with Crippen LogP contribution in [-0.2, 0) is 9.84 Å². The number of unbranched alkanes of at least 4 members (excludes halogenated alkanes) is 1. The number of hydrogen-bond acceptors (Lipinski definition) is 5. The molecule has 5 nitrogen and oxygen atoms in total. The maximum Gasteiger partial charge on any atom is 0.232 e. The lowest BCUT2D eigenvalue weighted by molar-refractivity contribution is 0.297. The highest BCUT2D eigenvalue weighted by molar-refractivity contribution is 7.90. The third-order valence-electron chi connectivity index (χ3n) is 4.56. The molecule has 0 radical (unpaired) electrons. The number of sulfone groups is 1. The summed E-state index contributed by atoms with van der Waals surface area (Å²) in [4.78, 5) is 4.89. The van der Waals surface area contributed by atoms with Crippen LogP contribution < -0.4 is 4.74 Å². The third kappa shape index (κ3) is 4.99. The zero-order valence-corrected chi connectivity index (χ0v) is 18.3. The van der Waals surface area contributed by atoms with Crippen LogP contribution in [0.2, 0.25) is 5.02 Å². The molecule has 0 amide bonds. The largest absolute Gasteiger partial charge is 0.477 e. The first kappa shape index (κ1) is 21.8. The molecule has 154 valence electrons. The van der Waals surface area contributed by atoms with Gasteiger partial charge in [-0.25, -0.2) is 13.4 Å². The summed E-state index contributed by atoms with van der Waals surface area (Å²) < 4.78 is 29.3. The molecule has 0 bridgehead atoms. The molecule has 0 saturated carbocycles. The van der Waals surface area contributed by atoms with Crippen LogP contribution in [-0.4, -0.2) is 26.3 Å². The zero-order chi connectivity index (χ0) is 21.7. The van der Waals surface area contributed by atoms with Gasteiger partial charge in [-0.15, -0.1) is 0 Å². The van der Waals surface area contributed by atoms with E-state index >= 15 is 0 Å². The molecule has 0 atom stereocenters. The average Bonchev–Trinajstić information content (AvgIpc) is 2.73. The maximum atomic E-state index is 11.8.